The number of esters is 1. The first-order chi connectivity index (χ1) is 13.6. The molecule has 1 N–H and O–H groups in total. The third-order valence-corrected chi connectivity index (χ3v) is 4.53. The van der Waals surface area contributed by atoms with Gasteiger partial charge in [-0.2, -0.15) is 0 Å². The Hall–Kier alpha value is -3.06. The van der Waals surface area contributed by atoms with E-state index in [9.17, 15) is 4.79 Å². The number of rotatable bonds is 9. The van der Waals surface area contributed by atoms with Crippen LogP contribution < -0.4 is 14.8 Å². The fourth-order valence-corrected chi connectivity index (χ4v) is 3.04. The number of thiazole rings is 1. The van der Waals surface area contributed by atoms with Crippen LogP contribution in [0.25, 0.3) is 0 Å². The maximum atomic E-state index is 11.9. The van der Waals surface area contributed by atoms with Gasteiger partial charge in [0.1, 0.15) is 18.1 Å². The van der Waals surface area contributed by atoms with E-state index in [-0.39, 0.29) is 13.2 Å². The first kappa shape index (κ1) is 19.7. The molecule has 0 aliphatic carbocycles. The lowest BCUT2D eigenvalue weighted by Crippen LogP contribution is -2.14. The fourth-order valence-electron chi connectivity index (χ4n) is 2.33. The first-order valence-corrected chi connectivity index (χ1v) is 9.79. The number of hydrogen-bond donors (Lipinski definition) is 1. The summed E-state index contributed by atoms with van der Waals surface area (Å²) in [5, 5.41) is 5.84. The van der Waals surface area contributed by atoms with E-state index in [0.717, 1.165) is 16.6 Å². The van der Waals surface area contributed by atoms with Crippen LogP contribution in [0.15, 0.2) is 53.9 Å². The van der Waals surface area contributed by atoms with Crippen molar-refractivity contribution in [1.29, 1.82) is 0 Å². The number of ether oxygens (including phenoxy) is 3. The highest BCUT2D eigenvalue weighted by Crippen LogP contribution is 2.22. The highest BCUT2D eigenvalue weighted by molar-refractivity contribution is 7.13. The van der Waals surface area contributed by atoms with Gasteiger partial charge in [-0.05, 0) is 50.2 Å². The van der Waals surface area contributed by atoms with E-state index in [1.165, 1.54) is 16.9 Å². The molecule has 0 amide bonds. The standard InChI is InChI=1S/C21H22N2O4S/c1-3-25-18-8-10-19(11-9-18)26-13-20(24)27-12-17-14-28-21(23-17)22-16-6-4-15(2)5-7-16/h4-11,14H,3,12-13H2,1-2H3,(H,22,23). The number of anilines is 2. The normalized spacial score (nSPS) is 10.4. The van der Waals surface area contributed by atoms with E-state index in [2.05, 4.69) is 10.3 Å². The molecule has 6 nitrogen and oxygen atoms in total. The van der Waals surface area contributed by atoms with Gasteiger partial charge in [-0.15, -0.1) is 11.3 Å². The molecule has 3 aromatic rings. The van der Waals surface area contributed by atoms with E-state index >= 15 is 0 Å². The summed E-state index contributed by atoms with van der Waals surface area (Å²) in [5.41, 5.74) is 2.85. The van der Waals surface area contributed by atoms with Gasteiger partial charge in [-0.1, -0.05) is 17.7 Å². The highest BCUT2D eigenvalue weighted by Gasteiger charge is 2.08. The van der Waals surface area contributed by atoms with Crippen LogP contribution in [0.2, 0.25) is 0 Å². The summed E-state index contributed by atoms with van der Waals surface area (Å²) in [5.74, 6) is 0.893. The van der Waals surface area contributed by atoms with Gasteiger partial charge < -0.3 is 19.5 Å². The second-order valence-corrected chi connectivity index (χ2v) is 6.85. The minimum Gasteiger partial charge on any atom is -0.494 e. The molecule has 1 aromatic heterocycles. The van der Waals surface area contributed by atoms with Crippen molar-refractivity contribution in [2.24, 2.45) is 0 Å². The van der Waals surface area contributed by atoms with Crippen LogP contribution in [0.3, 0.4) is 0 Å². The summed E-state index contributed by atoms with van der Waals surface area (Å²) >= 11 is 1.46. The zero-order valence-corrected chi connectivity index (χ0v) is 16.6. The average Bonchev–Trinajstić information content (AvgIpc) is 3.15. The number of nitrogens with zero attached hydrogens (tertiary/aromatic N) is 1. The molecule has 0 bridgehead atoms. The van der Waals surface area contributed by atoms with Crippen molar-refractivity contribution < 1.29 is 19.0 Å². The fraction of sp³-hybridized carbons (Fsp3) is 0.238. The van der Waals surface area contributed by atoms with Crippen molar-refractivity contribution in [3.63, 3.8) is 0 Å². The zero-order chi connectivity index (χ0) is 19.8. The summed E-state index contributed by atoms with van der Waals surface area (Å²) in [6.07, 6.45) is 0. The predicted octanol–water partition coefficient (Wildman–Crippen LogP) is 4.72. The number of aromatic nitrogens is 1. The first-order valence-electron chi connectivity index (χ1n) is 8.92. The Labute approximate surface area is 168 Å². The number of nitrogens with one attached hydrogen (secondary N) is 1. The summed E-state index contributed by atoms with van der Waals surface area (Å²) in [6.45, 7) is 4.51. The number of hydrogen-bond acceptors (Lipinski definition) is 7. The lowest BCUT2D eigenvalue weighted by Gasteiger charge is -2.07. The van der Waals surface area contributed by atoms with Gasteiger partial charge in [0.25, 0.3) is 0 Å². The summed E-state index contributed by atoms with van der Waals surface area (Å²) in [6, 6.07) is 15.1. The van der Waals surface area contributed by atoms with Crippen molar-refractivity contribution in [3.8, 4) is 11.5 Å². The minimum atomic E-state index is -0.449. The Morgan fingerprint density at radius 1 is 1.04 bits per heavy atom. The van der Waals surface area contributed by atoms with Gasteiger partial charge in [0.15, 0.2) is 11.7 Å². The molecule has 0 fully saturated rings. The van der Waals surface area contributed by atoms with Crippen LogP contribution in [-0.2, 0) is 16.1 Å². The molecule has 28 heavy (non-hydrogen) atoms. The average molecular weight is 398 g/mol. The molecule has 0 spiro atoms. The van der Waals surface area contributed by atoms with Crippen LogP contribution in [0, 0.1) is 6.92 Å². The molecule has 3 rings (SSSR count). The van der Waals surface area contributed by atoms with Crippen LogP contribution in [0.4, 0.5) is 10.8 Å². The Balaban J connectivity index is 1.42. The second-order valence-electron chi connectivity index (χ2n) is 5.99. The number of carbonyl (C=O) groups excluding carboxylic acids is 1. The van der Waals surface area contributed by atoms with Crippen molar-refractivity contribution in [1.82, 2.24) is 4.98 Å². The monoisotopic (exact) mass is 398 g/mol. The van der Waals surface area contributed by atoms with Gasteiger partial charge >= 0.3 is 5.97 Å². The lowest BCUT2D eigenvalue weighted by atomic mass is 10.2. The molecule has 0 saturated heterocycles. The molecule has 0 saturated carbocycles. The molecule has 1 heterocycles. The maximum absolute atomic E-state index is 11.9. The summed E-state index contributed by atoms with van der Waals surface area (Å²) in [7, 11) is 0. The number of benzene rings is 2. The Kier molecular flexibility index (Phi) is 6.86. The van der Waals surface area contributed by atoms with E-state index in [0.29, 0.717) is 18.1 Å². The highest BCUT2D eigenvalue weighted by atomic mass is 32.1. The SMILES string of the molecule is CCOc1ccc(OCC(=O)OCc2csc(Nc3ccc(C)cc3)n2)cc1. The van der Waals surface area contributed by atoms with Crippen molar-refractivity contribution >= 4 is 28.1 Å². The van der Waals surface area contributed by atoms with Crippen molar-refractivity contribution in [2.45, 2.75) is 20.5 Å². The Morgan fingerprint density at radius 2 is 1.71 bits per heavy atom. The largest absolute Gasteiger partial charge is 0.494 e. The molecule has 0 radical (unpaired) electrons. The minimum absolute atomic E-state index is 0.109. The molecule has 0 aliphatic rings. The molecular weight excluding hydrogens is 376 g/mol. The third-order valence-electron chi connectivity index (χ3n) is 3.73. The Bertz CT molecular complexity index is 892. The molecule has 0 unspecified atom stereocenters. The zero-order valence-electron chi connectivity index (χ0n) is 15.8. The van der Waals surface area contributed by atoms with E-state index < -0.39 is 5.97 Å². The molecule has 0 atom stereocenters. The molecular formula is C21H22N2O4S. The van der Waals surface area contributed by atoms with Gasteiger partial charge in [-0.25, -0.2) is 9.78 Å². The molecule has 0 aliphatic heterocycles. The molecule has 2 aromatic carbocycles. The second kappa shape index (κ2) is 9.75. The number of carbonyl (C=O) groups is 1. The Morgan fingerprint density at radius 3 is 2.39 bits per heavy atom. The number of aryl methyl sites for hydroxylation is 1. The van der Waals surface area contributed by atoms with E-state index in [1.54, 1.807) is 24.3 Å². The third kappa shape index (κ3) is 5.99. The van der Waals surface area contributed by atoms with Crippen LogP contribution in [0.5, 0.6) is 11.5 Å². The van der Waals surface area contributed by atoms with Gasteiger partial charge in [0, 0.05) is 11.1 Å². The summed E-state index contributed by atoms with van der Waals surface area (Å²) in [4.78, 5) is 16.3. The maximum Gasteiger partial charge on any atom is 0.344 e. The lowest BCUT2D eigenvalue weighted by molar-refractivity contribution is -0.147. The van der Waals surface area contributed by atoms with E-state index in [4.69, 9.17) is 14.2 Å². The van der Waals surface area contributed by atoms with Crippen LogP contribution in [0.1, 0.15) is 18.2 Å². The van der Waals surface area contributed by atoms with E-state index in [1.807, 2.05) is 43.5 Å². The van der Waals surface area contributed by atoms with Crippen LogP contribution in [-0.4, -0.2) is 24.2 Å². The molecule has 146 valence electrons. The predicted molar refractivity (Wildman–Crippen MR) is 109 cm³/mol. The quantitative estimate of drug-likeness (QED) is 0.526. The van der Waals surface area contributed by atoms with Gasteiger partial charge in [0.05, 0.1) is 12.3 Å². The summed E-state index contributed by atoms with van der Waals surface area (Å²) < 4.78 is 16.0. The van der Waals surface area contributed by atoms with Gasteiger partial charge in [0.2, 0.25) is 0 Å². The topological polar surface area (TPSA) is 69.7 Å². The van der Waals surface area contributed by atoms with Crippen molar-refractivity contribution in [2.75, 3.05) is 18.5 Å². The molecule has 7 heteroatoms. The van der Waals surface area contributed by atoms with Crippen molar-refractivity contribution in [3.05, 3.63) is 65.2 Å². The smallest absolute Gasteiger partial charge is 0.344 e. The van der Waals surface area contributed by atoms with Gasteiger partial charge in [-0.3, -0.25) is 0 Å². The van der Waals surface area contributed by atoms with Crippen LogP contribution >= 0.6 is 11.3 Å².